The van der Waals surface area contributed by atoms with Crippen LogP contribution in [0.1, 0.15) is 30.9 Å². The predicted molar refractivity (Wildman–Crippen MR) is 128 cm³/mol. The molecular weight excluding hydrogens is 458 g/mol. The van der Waals surface area contributed by atoms with Gasteiger partial charge in [0.05, 0.1) is 31.3 Å². The highest BCUT2D eigenvalue weighted by atomic mass is 35.5. The van der Waals surface area contributed by atoms with Gasteiger partial charge in [0.25, 0.3) is 0 Å². The average Bonchev–Trinajstić information content (AvgIpc) is 2.82. The molecule has 0 aliphatic carbocycles. The van der Waals surface area contributed by atoms with Gasteiger partial charge in [-0.05, 0) is 49.2 Å². The van der Waals surface area contributed by atoms with Crippen molar-refractivity contribution in [2.75, 3.05) is 14.2 Å². The van der Waals surface area contributed by atoms with Crippen LogP contribution in [0.15, 0.2) is 77.1 Å². The largest absolute Gasteiger partial charge is 0.466 e. The first-order chi connectivity index (χ1) is 16.3. The van der Waals surface area contributed by atoms with Crippen LogP contribution in [0.5, 0.6) is 5.75 Å². The molecule has 1 aliphatic heterocycles. The van der Waals surface area contributed by atoms with Gasteiger partial charge in [0, 0.05) is 22.5 Å². The Morgan fingerprint density at radius 1 is 0.882 bits per heavy atom. The molecule has 0 radical (unpaired) electrons. The van der Waals surface area contributed by atoms with Gasteiger partial charge in [0.1, 0.15) is 5.75 Å². The lowest BCUT2D eigenvalue weighted by Gasteiger charge is -2.30. The van der Waals surface area contributed by atoms with Crippen molar-refractivity contribution in [2.45, 2.75) is 19.8 Å². The average molecular weight is 482 g/mol. The van der Waals surface area contributed by atoms with E-state index < -0.39 is 23.8 Å². The Balaban J connectivity index is 1.87. The Hall–Kier alpha value is -3.84. The monoisotopic (exact) mass is 481 g/mol. The van der Waals surface area contributed by atoms with E-state index in [0.29, 0.717) is 44.4 Å². The van der Waals surface area contributed by atoms with Crippen molar-refractivity contribution >= 4 is 35.6 Å². The van der Waals surface area contributed by atoms with Gasteiger partial charge in [-0.15, -0.1) is 0 Å². The maximum atomic E-state index is 12.6. The van der Waals surface area contributed by atoms with Crippen molar-refractivity contribution in [1.29, 1.82) is 0 Å². The van der Waals surface area contributed by atoms with Crippen LogP contribution in [0, 0.1) is 0 Å². The predicted octanol–water partition coefficient (Wildman–Crippen LogP) is 4.54. The Kier molecular flexibility index (Phi) is 7.91. The van der Waals surface area contributed by atoms with Crippen molar-refractivity contribution < 1.29 is 28.6 Å². The van der Waals surface area contributed by atoms with Gasteiger partial charge in [-0.3, -0.25) is 0 Å². The number of hydrogen-bond acceptors (Lipinski definition) is 7. The maximum absolute atomic E-state index is 12.6. The number of rotatable bonds is 6. The highest BCUT2D eigenvalue weighted by Gasteiger charge is 2.37. The summed E-state index contributed by atoms with van der Waals surface area (Å²) >= 11 is 6.09. The van der Waals surface area contributed by atoms with Gasteiger partial charge >= 0.3 is 17.9 Å². The summed E-state index contributed by atoms with van der Waals surface area (Å²) in [5, 5.41) is 3.57. The number of ether oxygens (including phenoxy) is 3. The van der Waals surface area contributed by atoms with Crippen molar-refractivity contribution in [1.82, 2.24) is 5.32 Å². The van der Waals surface area contributed by atoms with Crippen LogP contribution in [0.3, 0.4) is 0 Å². The second kappa shape index (κ2) is 10.9. The first-order valence-electron chi connectivity index (χ1n) is 10.4. The highest BCUT2D eigenvalue weighted by molar-refractivity contribution is 6.32. The first-order valence-corrected chi connectivity index (χ1v) is 10.7. The molecule has 1 heterocycles. The molecule has 0 atom stereocenters. The van der Waals surface area contributed by atoms with Crippen LogP contribution in [-0.4, -0.2) is 32.1 Å². The first kappa shape index (κ1) is 24.8. The minimum absolute atomic E-state index is 0.293. The SMILES string of the molecule is COC(=O)C1=C(C)NC(C)=C(C(=O)OC)C1c1ccc(OC(=O)C=Cc2ccccc2Cl)cc1. The number of dihydropyridines is 1. The molecule has 176 valence electrons. The summed E-state index contributed by atoms with van der Waals surface area (Å²) in [4.78, 5) is 37.4. The molecule has 2 aromatic rings. The molecule has 0 amide bonds. The maximum Gasteiger partial charge on any atom is 0.336 e. The van der Waals surface area contributed by atoms with Crippen molar-refractivity contribution in [3.63, 3.8) is 0 Å². The molecule has 0 spiro atoms. The van der Waals surface area contributed by atoms with Crippen LogP contribution in [0.4, 0.5) is 0 Å². The molecule has 1 aliphatic rings. The van der Waals surface area contributed by atoms with E-state index in [0.717, 1.165) is 0 Å². The van der Waals surface area contributed by atoms with Gasteiger partial charge in [0.2, 0.25) is 0 Å². The van der Waals surface area contributed by atoms with E-state index in [1.54, 1.807) is 62.4 Å². The van der Waals surface area contributed by atoms with Crippen LogP contribution < -0.4 is 10.1 Å². The number of carbonyl (C=O) groups excluding carboxylic acids is 3. The summed E-state index contributed by atoms with van der Waals surface area (Å²) in [5.41, 5.74) is 3.05. The highest BCUT2D eigenvalue weighted by Crippen LogP contribution is 2.39. The third-order valence-electron chi connectivity index (χ3n) is 5.31. The number of benzene rings is 2. The van der Waals surface area contributed by atoms with Crippen molar-refractivity contribution in [2.24, 2.45) is 0 Å². The normalized spacial score (nSPS) is 14.1. The fraction of sp³-hybridized carbons (Fsp3) is 0.192. The molecule has 0 saturated heterocycles. The zero-order chi connectivity index (χ0) is 24.8. The van der Waals surface area contributed by atoms with E-state index in [9.17, 15) is 14.4 Å². The van der Waals surface area contributed by atoms with E-state index in [-0.39, 0.29) is 0 Å². The zero-order valence-corrected chi connectivity index (χ0v) is 19.9. The molecule has 0 fully saturated rings. The quantitative estimate of drug-likeness (QED) is 0.368. The van der Waals surface area contributed by atoms with Gasteiger partial charge in [-0.2, -0.15) is 0 Å². The molecule has 34 heavy (non-hydrogen) atoms. The smallest absolute Gasteiger partial charge is 0.336 e. The lowest BCUT2D eigenvalue weighted by atomic mass is 9.80. The van der Waals surface area contributed by atoms with Crippen LogP contribution in [-0.2, 0) is 23.9 Å². The summed E-state index contributed by atoms with van der Waals surface area (Å²) in [7, 11) is 2.56. The van der Waals surface area contributed by atoms with Crippen LogP contribution >= 0.6 is 11.6 Å². The molecule has 0 unspecified atom stereocenters. The molecule has 0 aromatic heterocycles. The molecule has 0 bridgehead atoms. The second-order valence-electron chi connectivity index (χ2n) is 7.46. The van der Waals surface area contributed by atoms with Crippen molar-refractivity contribution in [3.05, 3.63) is 93.3 Å². The Morgan fingerprint density at radius 2 is 1.44 bits per heavy atom. The molecule has 8 heteroatoms. The minimum atomic E-state index is -0.717. The standard InChI is InChI=1S/C26H24ClNO6/c1-15-22(25(30)32-3)24(23(16(2)28-15)26(31)33-4)18-9-12-19(13-10-18)34-21(29)14-11-17-7-5-6-8-20(17)27/h5-14,24,28H,1-4H3. The summed E-state index contributed by atoms with van der Waals surface area (Å²) in [6.45, 7) is 3.47. The Bertz CT molecular complexity index is 1170. The Morgan fingerprint density at radius 3 is 1.97 bits per heavy atom. The summed E-state index contributed by atoms with van der Waals surface area (Å²) < 4.78 is 15.3. The number of carbonyl (C=O) groups is 3. The van der Waals surface area contributed by atoms with Crippen LogP contribution in [0.2, 0.25) is 5.02 Å². The fourth-order valence-corrected chi connectivity index (χ4v) is 3.93. The van der Waals surface area contributed by atoms with Gasteiger partial charge in [-0.25, -0.2) is 14.4 Å². The van der Waals surface area contributed by atoms with Gasteiger partial charge in [0.15, 0.2) is 0 Å². The summed E-state index contributed by atoms with van der Waals surface area (Å²) in [5.74, 6) is -2.13. The molecule has 3 rings (SSSR count). The second-order valence-corrected chi connectivity index (χ2v) is 7.87. The number of allylic oxidation sites excluding steroid dienone is 2. The summed E-state index contributed by atoms with van der Waals surface area (Å²) in [6.07, 6.45) is 2.85. The summed E-state index contributed by atoms with van der Waals surface area (Å²) in [6, 6.07) is 13.7. The molecule has 7 nitrogen and oxygen atoms in total. The Labute approximate surface area is 202 Å². The van der Waals surface area contributed by atoms with E-state index in [4.69, 9.17) is 25.8 Å². The van der Waals surface area contributed by atoms with Gasteiger partial charge in [-0.1, -0.05) is 41.9 Å². The topological polar surface area (TPSA) is 90.9 Å². The van der Waals surface area contributed by atoms with E-state index in [1.807, 2.05) is 6.07 Å². The van der Waals surface area contributed by atoms with Crippen LogP contribution in [0.25, 0.3) is 6.08 Å². The molecule has 1 N–H and O–H groups in total. The number of esters is 3. The lowest BCUT2D eigenvalue weighted by molar-refractivity contribution is -0.137. The number of methoxy groups -OCH3 is 2. The molecule has 2 aromatic carbocycles. The van der Waals surface area contributed by atoms with E-state index in [1.165, 1.54) is 20.3 Å². The third kappa shape index (κ3) is 5.38. The fourth-order valence-electron chi connectivity index (χ4n) is 3.73. The molecule has 0 saturated carbocycles. The minimum Gasteiger partial charge on any atom is -0.466 e. The lowest BCUT2D eigenvalue weighted by Crippen LogP contribution is -2.32. The number of halogens is 1. The van der Waals surface area contributed by atoms with Gasteiger partial charge < -0.3 is 19.5 Å². The van der Waals surface area contributed by atoms with Crippen molar-refractivity contribution in [3.8, 4) is 5.75 Å². The van der Waals surface area contributed by atoms with E-state index in [2.05, 4.69) is 5.32 Å². The molecular formula is C26H24ClNO6. The zero-order valence-electron chi connectivity index (χ0n) is 19.2. The number of nitrogens with one attached hydrogen (secondary N) is 1. The number of hydrogen-bond donors (Lipinski definition) is 1. The third-order valence-corrected chi connectivity index (χ3v) is 5.65. The van der Waals surface area contributed by atoms with E-state index >= 15 is 0 Å².